The highest BCUT2D eigenvalue weighted by Gasteiger charge is 2.19. The number of fused-ring (bicyclic) bond motifs is 1. The number of nitrogens with zero attached hydrogens (tertiary/aromatic N) is 3. The molecule has 1 unspecified atom stereocenters. The maximum Gasteiger partial charge on any atom is 0.132 e. The molecule has 104 valence electrons. The van der Waals surface area contributed by atoms with Crippen molar-refractivity contribution < 1.29 is 4.74 Å². The van der Waals surface area contributed by atoms with Crippen LogP contribution in [0.15, 0.2) is 6.33 Å². The van der Waals surface area contributed by atoms with Crippen molar-refractivity contribution in [3.8, 4) is 0 Å². The molecule has 3 rings (SSSR count). The molecular weight excluding hydrogens is 240 g/mol. The lowest BCUT2D eigenvalue weighted by molar-refractivity contribution is -0.0117. The maximum atomic E-state index is 5.77. The van der Waals surface area contributed by atoms with Crippen molar-refractivity contribution in [2.75, 3.05) is 38.6 Å². The van der Waals surface area contributed by atoms with Gasteiger partial charge in [0.25, 0.3) is 0 Å². The van der Waals surface area contributed by atoms with Gasteiger partial charge in [-0.05, 0) is 32.7 Å². The highest BCUT2D eigenvalue weighted by Crippen LogP contribution is 2.24. The van der Waals surface area contributed by atoms with Crippen LogP contribution in [0, 0.1) is 0 Å². The molecule has 1 aliphatic heterocycles. The standard InChI is InChI=1S/C14H22N4O/c1-18-6-7-19-11(9-18)8-15-14-12-4-2-3-5-13(12)16-10-17-14/h10-11H,2-9H2,1H3,(H,15,16,17). The van der Waals surface area contributed by atoms with Crippen molar-refractivity contribution in [2.24, 2.45) is 0 Å². The van der Waals surface area contributed by atoms with E-state index in [1.807, 2.05) is 0 Å². The van der Waals surface area contributed by atoms with E-state index in [-0.39, 0.29) is 6.10 Å². The molecule has 0 amide bonds. The van der Waals surface area contributed by atoms with Crippen molar-refractivity contribution in [2.45, 2.75) is 31.8 Å². The Morgan fingerprint density at radius 1 is 1.37 bits per heavy atom. The van der Waals surface area contributed by atoms with E-state index in [2.05, 4.69) is 27.2 Å². The van der Waals surface area contributed by atoms with E-state index in [4.69, 9.17) is 4.74 Å². The van der Waals surface area contributed by atoms with Crippen LogP contribution in [-0.2, 0) is 17.6 Å². The molecule has 1 fully saturated rings. The first-order chi connectivity index (χ1) is 9.33. The summed E-state index contributed by atoms with van der Waals surface area (Å²) in [6.45, 7) is 3.66. The molecule has 0 bridgehead atoms. The van der Waals surface area contributed by atoms with Gasteiger partial charge in [0.2, 0.25) is 0 Å². The van der Waals surface area contributed by atoms with Crippen molar-refractivity contribution >= 4 is 5.82 Å². The minimum Gasteiger partial charge on any atom is -0.374 e. The molecular formula is C14H22N4O. The fourth-order valence-electron chi connectivity index (χ4n) is 2.87. The van der Waals surface area contributed by atoms with E-state index in [1.54, 1.807) is 6.33 Å². The van der Waals surface area contributed by atoms with Gasteiger partial charge in [0.1, 0.15) is 12.1 Å². The lowest BCUT2D eigenvalue weighted by Gasteiger charge is -2.30. The van der Waals surface area contributed by atoms with Crippen LogP contribution < -0.4 is 5.32 Å². The number of aryl methyl sites for hydroxylation is 1. The van der Waals surface area contributed by atoms with Gasteiger partial charge in [-0.2, -0.15) is 0 Å². The number of morpholine rings is 1. The van der Waals surface area contributed by atoms with E-state index >= 15 is 0 Å². The first-order valence-corrected chi connectivity index (χ1v) is 7.19. The maximum absolute atomic E-state index is 5.77. The molecule has 1 atom stereocenters. The summed E-state index contributed by atoms with van der Waals surface area (Å²) in [6, 6.07) is 0. The summed E-state index contributed by atoms with van der Waals surface area (Å²) in [5.74, 6) is 1.02. The van der Waals surface area contributed by atoms with Crippen molar-refractivity contribution in [3.05, 3.63) is 17.6 Å². The average Bonchev–Trinajstić information content (AvgIpc) is 2.45. The zero-order chi connectivity index (χ0) is 13.1. The van der Waals surface area contributed by atoms with E-state index in [0.717, 1.165) is 44.9 Å². The fraction of sp³-hybridized carbons (Fsp3) is 0.714. The fourth-order valence-corrected chi connectivity index (χ4v) is 2.87. The molecule has 1 N–H and O–H groups in total. The number of nitrogens with one attached hydrogen (secondary N) is 1. The van der Waals surface area contributed by atoms with Crippen LogP contribution in [0.1, 0.15) is 24.1 Å². The molecule has 0 spiro atoms. The summed E-state index contributed by atoms with van der Waals surface area (Å²) in [5.41, 5.74) is 2.54. The van der Waals surface area contributed by atoms with E-state index < -0.39 is 0 Å². The van der Waals surface area contributed by atoms with Gasteiger partial charge >= 0.3 is 0 Å². The predicted molar refractivity (Wildman–Crippen MR) is 74.4 cm³/mol. The summed E-state index contributed by atoms with van der Waals surface area (Å²) >= 11 is 0. The Morgan fingerprint density at radius 3 is 3.16 bits per heavy atom. The molecule has 2 aliphatic rings. The Hall–Kier alpha value is -1.20. The summed E-state index contributed by atoms with van der Waals surface area (Å²) in [4.78, 5) is 11.1. The third kappa shape index (κ3) is 3.04. The molecule has 1 aliphatic carbocycles. The highest BCUT2D eigenvalue weighted by molar-refractivity contribution is 5.47. The second-order valence-electron chi connectivity index (χ2n) is 5.49. The van der Waals surface area contributed by atoms with Crippen molar-refractivity contribution in [1.29, 1.82) is 0 Å². The van der Waals surface area contributed by atoms with E-state index in [9.17, 15) is 0 Å². The molecule has 0 radical (unpaired) electrons. The Morgan fingerprint density at radius 2 is 2.26 bits per heavy atom. The number of ether oxygens (including phenoxy) is 1. The number of anilines is 1. The van der Waals surface area contributed by atoms with E-state index in [0.29, 0.717) is 0 Å². The minimum atomic E-state index is 0.257. The summed E-state index contributed by atoms with van der Waals surface area (Å²) in [6.07, 6.45) is 6.63. The van der Waals surface area contributed by atoms with Gasteiger partial charge in [0.15, 0.2) is 0 Å². The zero-order valence-corrected chi connectivity index (χ0v) is 11.6. The van der Waals surface area contributed by atoms with Crippen molar-refractivity contribution in [3.63, 3.8) is 0 Å². The predicted octanol–water partition coefficient (Wildman–Crippen LogP) is 1.10. The van der Waals surface area contributed by atoms with Gasteiger partial charge in [0.05, 0.1) is 12.7 Å². The topological polar surface area (TPSA) is 50.3 Å². The lowest BCUT2D eigenvalue weighted by atomic mass is 9.96. The van der Waals surface area contributed by atoms with Crippen LogP contribution in [0.25, 0.3) is 0 Å². The molecule has 19 heavy (non-hydrogen) atoms. The molecule has 1 aromatic rings. The Kier molecular flexibility index (Phi) is 3.94. The monoisotopic (exact) mass is 262 g/mol. The highest BCUT2D eigenvalue weighted by atomic mass is 16.5. The number of aromatic nitrogens is 2. The van der Waals surface area contributed by atoms with Crippen LogP contribution in [0.3, 0.4) is 0 Å². The molecule has 0 aromatic carbocycles. The van der Waals surface area contributed by atoms with Gasteiger partial charge in [-0.15, -0.1) is 0 Å². The van der Waals surface area contributed by atoms with Crippen LogP contribution in [-0.4, -0.2) is 54.3 Å². The average molecular weight is 262 g/mol. The number of rotatable bonds is 3. The molecule has 5 nitrogen and oxygen atoms in total. The van der Waals surface area contributed by atoms with Crippen LogP contribution >= 0.6 is 0 Å². The molecule has 1 aromatic heterocycles. The number of hydrogen-bond acceptors (Lipinski definition) is 5. The zero-order valence-electron chi connectivity index (χ0n) is 11.6. The Bertz CT molecular complexity index is 437. The molecule has 1 saturated heterocycles. The Balaban J connectivity index is 1.63. The minimum absolute atomic E-state index is 0.257. The SMILES string of the molecule is CN1CCOC(CNc2ncnc3c2CCCC3)C1. The van der Waals surface area contributed by atoms with Crippen LogP contribution in [0.5, 0.6) is 0 Å². The van der Waals surface area contributed by atoms with Crippen LogP contribution in [0.4, 0.5) is 5.82 Å². The third-order valence-corrected chi connectivity index (χ3v) is 3.96. The van der Waals surface area contributed by atoms with Gasteiger partial charge < -0.3 is 15.0 Å². The van der Waals surface area contributed by atoms with Crippen molar-refractivity contribution in [1.82, 2.24) is 14.9 Å². The normalized spacial score (nSPS) is 23.9. The second kappa shape index (κ2) is 5.84. The van der Waals surface area contributed by atoms with Gasteiger partial charge in [-0.1, -0.05) is 0 Å². The van der Waals surface area contributed by atoms with E-state index in [1.165, 1.54) is 24.1 Å². The molecule has 2 heterocycles. The Labute approximate surface area is 114 Å². The molecule has 5 heteroatoms. The second-order valence-corrected chi connectivity index (χ2v) is 5.49. The number of hydrogen-bond donors (Lipinski definition) is 1. The molecule has 0 saturated carbocycles. The first kappa shape index (κ1) is 12.8. The van der Waals surface area contributed by atoms with Gasteiger partial charge in [-0.3, -0.25) is 0 Å². The largest absolute Gasteiger partial charge is 0.374 e. The quantitative estimate of drug-likeness (QED) is 0.884. The van der Waals surface area contributed by atoms with Crippen LogP contribution in [0.2, 0.25) is 0 Å². The first-order valence-electron chi connectivity index (χ1n) is 7.19. The summed E-state index contributed by atoms with van der Waals surface area (Å²) in [5, 5.41) is 3.46. The summed E-state index contributed by atoms with van der Waals surface area (Å²) < 4.78 is 5.77. The van der Waals surface area contributed by atoms with Gasteiger partial charge in [-0.25, -0.2) is 9.97 Å². The third-order valence-electron chi connectivity index (χ3n) is 3.96. The summed E-state index contributed by atoms with van der Waals surface area (Å²) in [7, 11) is 2.14. The number of likely N-dealkylation sites (N-methyl/N-ethyl adjacent to an activating group) is 1. The smallest absolute Gasteiger partial charge is 0.132 e. The van der Waals surface area contributed by atoms with Gasteiger partial charge in [0, 0.05) is 30.9 Å². The lowest BCUT2D eigenvalue weighted by Crippen LogP contribution is -2.43.